The van der Waals surface area contributed by atoms with Crippen LogP contribution < -0.4 is 5.32 Å². The molecule has 0 atom stereocenters. The van der Waals surface area contributed by atoms with E-state index in [2.05, 4.69) is 5.32 Å². The minimum absolute atomic E-state index is 0.0708. The monoisotopic (exact) mass is 290 g/mol. The lowest BCUT2D eigenvalue weighted by Crippen LogP contribution is -2.33. The Morgan fingerprint density at radius 1 is 1.14 bits per heavy atom. The van der Waals surface area contributed by atoms with Gasteiger partial charge in [-0.25, -0.2) is 0 Å². The number of aryl methyl sites for hydroxylation is 1. The van der Waals surface area contributed by atoms with Gasteiger partial charge >= 0.3 is 0 Å². The number of para-hydroxylation sites is 1. The van der Waals surface area contributed by atoms with Crippen LogP contribution in [0.25, 0.3) is 0 Å². The number of nitrogens with zero attached hydrogens (tertiary/aromatic N) is 1. The van der Waals surface area contributed by atoms with E-state index < -0.39 is 0 Å². The van der Waals surface area contributed by atoms with Crippen LogP contribution in [-0.4, -0.2) is 36.2 Å². The van der Waals surface area contributed by atoms with Crippen molar-refractivity contribution >= 4 is 17.4 Å². The molecule has 0 aromatic heterocycles. The average Bonchev–Trinajstić information content (AvgIpc) is 2.47. The van der Waals surface area contributed by atoms with Gasteiger partial charge < -0.3 is 5.32 Å². The number of carbonyl (C=O) groups excluding carboxylic acids is 2. The molecule has 1 rings (SSSR count). The maximum absolute atomic E-state index is 12.2. The van der Waals surface area contributed by atoms with E-state index in [-0.39, 0.29) is 11.7 Å². The van der Waals surface area contributed by atoms with Crippen molar-refractivity contribution in [2.75, 3.05) is 25.0 Å². The fourth-order valence-electron chi connectivity index (χ4n) is 2.26. The van der Waals surface area contributed by atoms with Crippen molar-refractivity contribution in [2.24, 2.45) is 0 Å². The second-order valence-electron chi connectivity index (χ2n) is 5.18. The Balaban J connectivity index is 2.91. The smallest absolute Gasteiger partial charge is 0.238 e. The number of carbonyl (C=O) groups is 2. The summed E-state index contributed by atoms with van der Waals surface area (Å²) >= 11 is 0. The number of benzene rings is 1. The molecule has 1 aromatic rings. The number of hydrogen-bond acceptors (Lipinski definition) is 3. The first kappa shape index (κ1) is 17.4. The summed E-state index contributed by atoms with van der Waals surface area (Å²) in [6, 6.07) is 5.56. The van der Waals surface area contributed by atoms with Gasteiger partial charge in [0.15, 0.2) is 5.78 Å². The average molecular weight is 290 g/mol. The highest BCUT2D eigenvalue weighted by Crippen LogP contribution is 2.22. The Kier molecular flexibility index (Phi) is 7.09. The number of Topliss-reactive ketones (excluding diaryl/α,β-unsaturated/α-hetero) is 1. The summed E-state index contributed by atoms with van der Waals surface area (Å²) in [7, 11) is 0. The topological polar surface area (TPSA) is 49.4 Å². The highest BCUT2D eigenvalue weighted by atomic mass is 16.2. The van der Waals surface area contributed by atoms with Crippen LogP contribution in [0.15, 0.2) is 18.2 Å². The first-order chi connectivity index (χ1) is 10.0. The molecule has 0 heterocycles. The number of amides is 1. The first-order valence-electron chi connectivity index (χ1n) is 7.68. The molecule has 0 saturated carbocycles. The number of rotatable bonds is 8. The van der Waals surface area contributed by atoms with Crippen molar-refractivity contribution in [3.8, 4) is 0 Å². The van der Waals surface area contributed by atoms with E-state index in [0.29, 0.717) is 24.2 Å². The highest BCUT2D eigenvalue weighted by Gasteiger charge is 2.15. The predicted molar refractivity (Wildman–Crippen MR) is 86.8 cm³/mol. The van der Waals surface area contributed by atoms with E-state index in [0.717, 1.165) is 25.1 Å². The minimum atomic E-state index is -0.0708. The van der Waals surface area contributed by atoms with Crippen LogP contribution in [0.5, 0.6) is 0 Å². The molecule has 4 nitrogen and oxygen atoms in total. The van der Waals surface area contributed by atoms with Crippen molar-refractivity contribution in [2.45, 2.75) is 40.5 Å². The van der Waals surface area contributed by atoms with Gasteiger partial charge in [-0.2, -0.15) is 0 Å². The standard InChI is InChI=1S/C17H26N2O2/c1-5-9-15(20)14-11-8-10-13(4)17(14)18-16(21)12-19(6-2)7-3/h8,10-11H,5-7,9,12H2,1-4H3,(H,18,21). The molecule has 0 bridgehead atoms. The lowest BCUT2D eigenvalue weighted by molar-refractivity contribution is -0.117. The summed E-state index contributed by atoms with van der Waals surface area (Å²) in [5, 5.41) is 2.92. The summed E-state index contributed by atoms with van der Waals surface area (Å²) in [6.45, 7) is 9.96. The number of ketones is 1. The lowest BCUT2D eigenvalue weighted by atomic mass is 10.0. The molecule has 1 aromatic carbocycles. The van der Waals surface area contributed by atoms with E-state index in [1.807, 2.05) is 44.7 Å². The van der Waals surface area contributed by atoms with Crippen molar-refractivity contribution < 1.29 is 9.59 Å². The molecule has 4 heteroatoms. The zero-order valence-electron chi connectivity index (χ0n) is 13.5. The maximum atomic E-state index is 12.2. The molecule has 116 valence electrons. The quantitative estimate of drug-likeness (QED) is 0.748. The fourth-order valence-corrected chi connectivity index (χ4v) is 2.26. The fraction of sp³-hybridized carbons (Fsp3) is 0.529. The van der Waals surface area contributed by atoms with Crippen LogP contribution in [0.1, 0.15) is 49.5 Å². The summed E-state index contributed by atoms with van der Waals surface area (Å²) in [6.07, 6.45) is 1.31. The second kappa shape index (κ2) is 8.57. The van der Waals surface area contributed by atoms with Crippen molar-refractivity contribution in [1.29, 1.82) is 0 Å². The predicted octanol–water partition coefficient (Wildman–Crippen LogP) is 3.26. The van der Waals surface area contributed by atoms with E-state index >= 15 is 0 Å². The second-order valence-corrected chi connectivity index (χ2v) is 5.18. The van der Waals surface area contributed by atoms with Crippen LogP contribution in [0, 0.1) is 6.92 Å². The van der Waals surface area contributed by atoms with Gasteiger partial charge in [-0.15, -0.1) is 0 Å². The van der Waals surface area contributed by atoms with Gasteiger partial charge in [0.1, 0.15) is 0 Å². The number of anilines is 1. The molecule has 0 aliphatic carbocycles. The molecular formula is C17H26N2O2. The molecule has 21 heavy (non-hydrogen) atoms. The number of hydrogen-bond donors (Lipinski definition) is 1. The van der Waals surface area contributed by atoms with Gasteiger partial charge in [0.05, 0.1) is 12.2 Å². The van der Waals surface area contributed by atoms with Crippen molar-refractivity contribution in [3.05, 3.63) is 29.3 Å². The van der Waals surface area contributed by atoms with E-state index in [1.54, 1.807) is 6.07 Å². The van der Waals surface area contributed by atoms with Crippen molar-refractivity contribution in [3.63, 3.8) is 0 Å². The first-order valence-corrected chi connectivity index (χ1v) is 7.68. The van der Waals surface area contributed by atoms with Gasteiger partial charge in [0.2, 0.25) is 5.91 Å². The van der Waals surface area contributed by atoms with E-state index in [4.69, 9.17) is 0 Å². The molecule has 0 aliphatic heterocycles. The normalized spacial score (nSPS) is 10.7. The highest BCUT2D eigenvalue weighted by molar-refractivity contribution is 6.05. The van der Waals surface area contributed by atoms with E-state index in [9.17, 15) is 9.59 Å². The molecule has 0 aliphatic rings. The van der Waals surface area contributed by atoms with Gasteiger partial charge in [0, 0.05) is 12.0 Å². The zero-order chi connectivity index (χ0) is 15.8. The summed E-state index contributed by atoms with van der Waals surface area (Å²) in [5.74, 6) is 0.0119. The molecule has 0 radical (unpaired) electrons. The van der Waals surface area contributed by atoms with Crippen LogP contribution in [0.4, 0.5) is 5.69 Å². The van der Waals surface area contributed by atoms with Crippen LogP contribution in [-0.2, 0) is 4.79 Å². The zero-order valence-corrected chi connectivity index (χ0v) is 13.5. The third-order valence-electron chi connectivity index (χ3n) is 3.58. The summed E-state index contributed by atoms with van der Waals surface area (Å²) in [5.41, 5.74) is 2.20. The largest absolute Gasteiger partial charge is 0.324 e. The summed E-state index contributed by atoms with van der Waals surface area (Å²) < 4.78 is 0. The molecule has 0 spiro atoms. The number of likely N-dealkylation sites (N-methyl/N-ethyl adjacent to an activating group) is 1. The lowest BCUT2D eigenvalue weighted by Gasteiger charge is -2.19. The minimum Gasteiger partial charge on any atom is -0.324 e. The van der Waals surface area contributed by atoms with E-state index in [1.165, 1.54) is 0 Å². The van der Waals surface area contributed by atoms with Gasteiger partial charge in [-0.3, -0.25) is 14.5 Å². The van der Waals surface area contributed by atoms with Crippen molar-refractivity contribution in [1.82, 2.24) is 4.90 Å². The Bertz CT molecular complexity index is 494. The Morgan fingerprint density at radius 2 is 1.81 bits per heavy atom. The molecule has 0 fully saturated rings. The van der Waals surface area contributed by atoms with Gasteiger partial charge in [-0.1, -0.05) is 32.9 Å². The third kappa shape index (κ3) is 4.97. The van der Waals surface area contributed by atoms with Crippen LogP contribution in [0.3, 0.4) is 0 Å². The third-order valence-corrected chi connectivity index (χ3v) is 3.58. The maximum Gasteiger partial charge on any atom is 0.238 e. The Hall–Kier alpha value is -1.68. The Morgan fingerprint density at radius 3 is 2.38 bits per heavy atom. The SMILES string of the molecule is CCCC(=O)c1cccc(C)c1NC(=O)CN(CC)CC. The van der Waals surface area contributed by atoms with Gasteiger partial charge in [-0.05, 0) is 38.1 Å². The molecular weight excluding hydrogens is 264 g/mol. The Labute approximate surface area is 127 Å². The molecule has 1 amide bonds. The molecule has 0 unspecified atom stereocenters. The summed E-state index contributed by atoms with van der Waals surface area (Å²) in [4.78, 5) is 26.4. The number of nitrogens with one attached hydrogen (secondary N) is 1. The van der Waals surface area contributed by atoms with Crippen LogP contribution in [0.2, 0.25) is 0 Å². The molecule has 0 saturated heterocycles. The van der Waals surface area contributed by atoms with Gasteiger partial charge in [0.25, 0.3) is 0 Å². The van der Waals surface area contributed by atoms with Crippen LogP contribution >= 0.6 is 0 Å². The molecule has 1 N–H and O–H groups in total.